The molecule has 9 heteroatoms. The van der Waals surface area contributed by atoms with Crippen molar-refractivity contribution in [1.29, 1.82) is 0 Å². The molecular weight excluding hydrogens is 388 g/mol. The van der Waals surface area contributed by atoms with Crippen molar-refractivity contribution in [3.05, 3.63) is 42.5 Å². The summed E-state index contributed by atoms with van der Waals surface area (Å²) >= 11 is 1.36. The van der Waals surface area contributed by atoms with Crippen LogP contribution in [0.3, 0.4) is 0 Å². The number of amides is 1. The number of carbonyl (C=O) groups excluding carboxylic acids is 1. The number of hydrogen-bond acceptors (Lipinski definition) is 6. The summed E-state index contributed by atoms with van der Waals surface area (Å²) in [6.07, 6.45) is 0. The van der Waals surface area contributed by atoms with Crippen LogP contribution in [0, 0.1) is 0 Å². The van der Waals surface area contributed by atoms with Gasteiger partial charge in [-0.15, -0.1) is 11.8 Å². The van der Waals surface area contributed by atoms with Crippen LogP contribution in [-0.4, -0.2) is 52.7 Å². The van der Waals surface area contributed by atoms with Crippen LogP contribution in [0.5, 0.6) is 11.5 Å². The largest absolute Gasteiger partial charge is 0.497 e. The number of rotatable bonds is 8. The van der Waals surface area contributed by atoms with Gasteiger partial charge < -0.3 is 14.8 Å². The minimum absolute atomic E-state index is 0.0754. The summed E-state index contributed by atoms with van der Waals surface area (Å²) in [5, 5.41) is 2.71. The number of nitrogens with zero attached hydrogens (tertiary/aromatic N) is 1. The first-order valence-corrected chi connectivity index (χ1v) is 10.4. The van der Waals surface area contributed by atoms with E-state index in [0.29, 0.717) is 11.4 Å². The van der Waals surface area contributed by atoms with E-state index >= 15 is 0 Å². The van der Waals surface area contributed by atoms with Gasteiger partial charge in [0.25, 0.3) is 0 Å². The topological polar surface area (TPSA) is 84.9 Å². The molecule has 0 aromatic heterocycles. The van der Waals surface area contributed by atoms with E-state index in [2.05, 4.69) is 5.32 Å². The Bertz CT molecular complexity index is 896. The van der Waals surface area contributed by atoms with Gasteiger partial charge in [0.1, 0.15) is 11.5 Å². The van der Waals surface area contributed by atoms with Crippen LogP contribution in [0.15, 0.2) is 52.3 Å². The maximum Gasteiger partial charge on any atom is 0.242 e. The van der Waals surface area contributed by atoms with Crippen LogP contribution in [0.4, 0.5) is 5.69 Å². The van der Waals surface area contributed by atoms with Gasteiger partial charge in [0.15, 0.2) is 0 Å². The molecule has 2 rings (SSSR count). The zero-order chi connectivity index (χ0) is 20.0. The van der Waals surface area contributed by atoms with Crippen molar-refractivity contribution < 1.29 is 22.7 Å². The highest BCUT2D eigenvalue weighted by molar-refractivity contribution is 8.00. The normalized spacial score (nSPS) is 11.3. The van der Waals surface area contributed by atoms with Crippen molar-refractivity contribution >= 4 is 33.4 Å². The number of thioether (sulfide) groups is 1. The fourth-order valence-electron chi connectivity index (χ4n) is 2.16. The molecule has 27 heavy (non-hydrogen) atoms. The Labute approximate surface area is 163 Å². The first kappa shape index (κ1) is 21.1. The van der Waals surface area contributed by atoms with Crippen molar-refractivity contribution in [2.45, 2.75) is 9.79 Å². The SMILES string of the molecule is COc1ccc(SCC(=O)Nc2cc(S(=O)(=O)N(C)C)ccc2OC)cc1. The Morgan fingerprint density at radius 2 is 1.74 bits per heavy atom. The third-order valence-corrected chi connectivity index (χ3v) is 6.48. The van der Waals surface area contributed by atoms with E-state index in [9.17, 15) is 13.2 Å². The molecule has 0 fully saturated rings. The van der Waals surface area contributed by atoms with Crippen LogP contribution >= 0.6 is 11.8 Å². The predicted molar refractivity (Wildman–Crippen MR) is 106 cm³/mol. The molecule has 0 aliphatic heterocycles. The molecule has 0 saturated carbocycles. The van der Waals surface area contributed by atoms with E-state index in [1.54, 1.807) is 7.11 Å². The van der Waals surface area contributed by atoms with E-state index < -0.39 is 10.0 Å². The number of nitrogens with one attached hydrogen (secondary N) is 1. The Morgan fingerprint density at radius 3 is 2.30 bits per heavy atom. The van der Waals surface area contributed by atoms with Crippen LogP contribution in [0.25, 0.3) is 0 Å². The molecular formula is C18H22N2O5S2. The number of sulfonamides is 1. The smallest absolute Gasteiger partial charge is 0.242 e. The van der Waals surface area contributed by atoms with Crippen molar-refractivity contribution in [2.24, 2.45) is 0 Å². The van der Waals surface area contributed by atoms with Crippen molar-refractivity contribution in [2.75, 3.05) is 39.4 Å². The average Bonchev–Trinajstić information content (AvgIpc) is 2.66. The molecule has 2 aromatic rings. The lowest BCUT2D eigenvalue weighted by Gasteiger charge is -2.15. The Kier molecular flexibility index (Phi) is 7.11. The number of anilines is 1. The summed E-state index contributed by atoms with van der Waals surface area (Å²) in [6, 6.07) is 11.7. The van der Waals surface area contributed by atoms with Crippen molar-refractivity contribution in [3.63, 3.8) is 0 Å². The van der Waals surface area contributed by atoms with Gasteiger partial charge in [-0.05, 0) is 42.5 Å². The van der Waals surface area contributed by atoms with Gasteiger partial charge in [0.2, 0.25) is 15.9 Å². The van der Waals surface area contributed by atoms with Gasteiger partial charge in [-0.2, -0.15) is 0 Å². The zero-order valence-electron chi connectivity index (χ0n) is 15.6. The highest BCUT2D eigenvalue weighted by Crippen LogP contribution is 2.29. The summed E-state index contributed by atoms with van der Waals surface area (Å²) in [5.41, 5.74) is 0.306. The number of benzene rings is 2. The number of ether oxygens (including phenoxy) is 2. The van der Waals surface area contributed by atoms with Gasteiger partial charge in [0.05, 0.1) is 30.6 Å². The lowest BCUT2D eigenvalue weighted by atomic mass is 10.3. The fraction of sp³-hybridized carbons (Fsp3) is 0.278. The first-order valence-electron chi connectivity index (χ1n) is 7.95. The second kappa shape index (κ2) is 9.12. The van der Waals surface area contributed by atoms with Crippen LogP contribution < -0.4 is 14.8 Å². The minimum Gasteiger partial charge on any atom is -0.497 e. The third kappa shape index (κ3) is 5.38. The zero-order valence-corrected chi connectivity index (χ0v) is 17.2. The van der Waals surface area contributed by atoms with Crippen LogP contribution in [-0.2, 0) is 14.8 Å². The summed E-state index contributed by atoms with van der Waals surface area (Å²) in [5.74, 6) is 1.02. The quantitative estimate of drug-likeness (QED) is 0.674. The average molecular weight is 411 g/mol. The Balaban J connectivity index is 2.11. The molecule has 0 saturated heterocycles. The molecule has 1 amide bonds. The highest BCUT2D eigenvalue weighted by atomic mass is 32.2. The molecule has 7 nitrogen and oxygen atoms in total. The van der Waals surface area contributed by atoms with Crippen LogP contribution in [0.1, 0.15) is 0 Å². The number of methoxy groups -OCH3 is 2. The summed E-state index contributed by atoms with van der Waals surface area (Å²) in [7, 11) is 2.33. The number of carbonyl (C=O) groups is 1. The van der Waals surface area contributed by atoms with E-state index in [1.165, 1.54) is 51.2 Å². The molecule has 0 aliphatic carbocycles. The number of hydrogen-bond donors (Lipinski definition) is 1. The van der Waals surface area contributed by atoms with Gasteiger partial charge >= 0.3 is 0 Å². The molecule has 0 bridgehead atoms. The standard InChI is InChI=1S/C18H22N2O5S2/c1-20(2)27(22,23)15-9-10-17(25-4)16(11-15)19-18(21)12-26-14-7-5-13(24-3)6-8-14/h5-11H,12H2,1-4H3,(H,19,21). The lowest BCUT2D eigenvalue weighted by Crippen LogP contribution is -2.22. The second-order valence-corrected chi connectivity index (χ2v) is 8.86. The molecule has 0 spiro atoms. The van der Waals surface area contributed by atoms with E-state index in [4.69, 9.17) is 9.47 Å². The lowest BCUT2D eigenvalue weighted by molar-refractivity contribution is -0.113. The summed E-state index contributed by atoms with van der Waals surface area (Å²) in [4.78, 5) is 13.3. The molecule has 0 aliphatic rings. The summed E-state index contributed by atoms with van der Waals surface area (Å²) in [6.45, 7) is 0. The highest BCUT2D eigenvalue weighted by Gasteiger charge is 2.19. The predicted octanol–water partition coefficient (Wildman–Crippen LogP) is 2.68. The maximum atomic E-state index is 12.3. The molecule has 0 atom stereocenters. The monoisotopic (exact) mass is 410 g/mol. The molecule has 146 valence electrons. The van der Waals surface area contributed by atoms with Gasteiger partial charge in [-0.3, -0.25) is 4.79 Å². The molecule has 0 unspecified atom stereocenters. The van der Waals surface area contributed by atoms with Gasteiger partial charge in [-0.1, -0.05) is 0 Å². The van der Waals surface area contributed by atoms with Gasteiger partial charge in [-0.25, -0.2) is 12.7 Å². The Hall–Kier alpha value is -2.23. The second-order valence-electron chi connectivity index (χ2n) is 5.66. The fourth-order valence-corrected chi connectivity index (χ4v) is 3.79. The third-order valence-electron chi connectivity index (χ3n) is 3.65. The van der Waals surface area contributed by atoms with E-state index in [-0.39, 0.29) is 16.6 Å². The minimum atomic E-state index is -3.61. The molecule has 0 heterocycles. The molecule has 1 N–H and O–H groups in total. The Morgan fingerprint density at radius 1 is 1.07 bits per heavy atom. The molecule has 0 radical (unpaired) electrons. The summed E-state index contributed by atoms with van der Waals surface area (Å²) < 4.78 is 36.0. The van der Waals surface area contributed by atoms with Crippen molar-refractivity contribution in [3.8, 4) is 11.5 Å². The van der Waals surface area contributed by atoms with Gasteiger partial charge in [0, 0.05) is 19.0 Å². The van der Waals surface area contributed by atoms with E-state index in [0.717, 1.165) is 15.0 Å². The van der Waals surface area contributed by atoms with Crippen LogP contribution in [0.2, 0.25) is 0 Å². The molecule has 2 aromatic carbocycles. The first-order chi connectivity index (χ1) is 12.8. The van der Waals surface area contributed by atoms with Crippen molar-refractivity contribution in [1.82, 2.24) is 4.31 Å². The maximum absolute atomic E-state index is 12.3. The van der Waals surface area contributed by atoms with E-state index in [1.807, 2.05) is 24.3 Å².